The number of benzene rings is 1. The van der Waals surface area contributed by atoms with Crippen LogP contribution >= 0.6 is 0 Å². The molecule has 2 heterocycles. The Morgan fingerprint density at radius 3 is 2.80 bits per heavy atom. The van der Waals surface area contributed by atoms with Gasteiger partial charge in [0.2, 0.25) is 0 Å². The molecule has 0 fully saturated rings. The lowest BCUT2D eigenvalue weighted by atomic mass is 10.2. The smallest absolute Gasteiger partial charge is 0.146 e. The topological polar surface area (TPSA) is 73.1 Å². The molecule has 3 aromatic rings. The van der Waals surface area contributed by atoms with Gasteiger partial charge in [0.25, 0.3) is 0 Å². The monoisotopic (exact) mass is 266 g/mol. The fraction of sp³-hybridized carbons (Fsp3) is 0.0667. The number of hydrogen-bond donors (Lipinski definition) is 2. The fourth-order valence-electron chi connectivity index (χ4n) is 1.98. The number of nitrogens with one attached hydrogen (secondary N) is 1. The van der Waals surface area contributed by atoms with E-state index in [2.05, 4.69) is 15.4 Å². The molecule has 5 heteroatoms. The molecule has 20 heavy (non-hydrogen) atoms. The number of hydrogen-bond acceptors (Lipinski definition) is 5. The molecule has 0 bridgehead atoms. The Labute approximate surface area is 116 Å². The van der Waals surface area contributed by atoms with Crippen molar-refractivity contribution in [1.29, 1.82) is 0 Å². The fourth-order valence-corrected chi connectivity index (χ4v) is 1.98. The molecule has 0 atom stereocenters. The summed E-state index contributed by atoms with van der Waals surface area (Å²) in [5.41, 5.74) is 4.37. The molecule has 0 saturated heterocycles. The minimum absolute atomic E-state index is 0.395. The van der Waals surface area contributed by atoms with E-state index in [-0.39, 0.29) is 0 Å². The molecule has 0 radical (unpaired) electrons. The maximum Gasteiger partial charge on any atom is 0.146 e. The van der Waals surface area contributed by atoms with E-state index in [4.69, 9.17) is 10.6 Å². The lowest BCUT2D eigenvalue weighted by Crippen LogP contribution is -2.12. The molecule has 100 valence electrons. The summed E-state index contributed by atoms with van der Waals surface area (Å²) in [6.45, 7) is 0.395. The van der Waals surface area contributed by atoms with Gasteiger partial charge in [0.05, 0.1) is 5.52 Å². The van der Waals surface area contributed by atoms with Crippen LogP contribution in [0.25, 0.3) is 10.9 Å². The predicted octanol–water partition coefficient (Wildman–Crippen LogP) is 2.49. The molecule has 0 spiro atoms. The molecule has 0 saturated carbocycles. The Bertz CT molecular complexity index is 730. The summed E-state index contributed by atoms with van der Waals surface area (Å²) in [6, 6.07) is 13.5. The SMILES string of the molecule is NNc1ncccc1COc1ccc2cccnc2c1. The number of fused-ring (bicyclic) bond motifs is 1. The first-order valence-corrected chi connectivity index (χ1v) is 6.25. The zero-order chi connectivity index (χ0) is 13.8. The maximum absolute atomic E-state index is 5.77. The molecule has 0 amide bonds. The summed E-state index contributed by atoms with van der Waals surface area (Å²) >= 11 is 0. The molecule has 3 rings (SSSR count). The number of aromatic nitrogens is 2. The van der Waals surface area contributed by atoms with Crippen LogP contribution < -0.4 is 16.0 Å². The number of anilines is 1. The van der Waals surface area contributed by atoms with Gasteiger partial charge in [0, 0.05) is 29.4 Å². The highest BCUT2D eigenvalue weighted by molar-refractivity contribution is 5.79. The van der Waals surface area contributed by atoms with Gasteiger partial charge < -0.3 is 10.2 Å². The van der Waals surface area contributed by atoms with Gasteiger partial charge in [-0.15, -0.1) is 0 Å². The normalized spacial score (nSPS) is 10.4. The molecular formula is C15H14N4O. The van der Waals surface area contributed by atoms with E-state index in [1.807, 2.05) is 42.5 Å². The van der Waals surface area contributed by atoms with Crippen LogP contribution in [0.4, 0.5) is 5.82 Å². The highest BCUT2D eigenvalue weighted by Crippen LogP contribution is 2.20. The van der Waals surface area contributed by atoms with E-state index in [0.29, 0.717) is 12.4 Å². The van der Waals surface area contributed by atoms with Gasteiger partial charge in [0.1, 0.15) is 18.2 Å². The van der Waals surface area contributed by atoms with Crippen LogP contribution in [0.3, 0.4) is 0 Å². The number of nitrogen functional groups attached to an aromatic ring is 1. The third-order valence-corrected chi connectivity index (χ3v) is 3.00. The van der Waals surface area contributed by atoms with E-state index in [9.17, 15) is 0 Å². The lowest BCUT2D eigenvalue weighted by molar-refractivity contribution is 0.307. The van der Waals surface area contributed by atoms with E-state index in [1.165, 1.54) is 0 Å². The summed E-state index contributed by atoms with van der Waals surface area (Å²) in [4.78, 5) is 8.44. The Morgan fingerprint density at radius 1 is 1.05 bits per heavy atom. The third kappa shape index (κ3) is 2.53. The minimum Gasteiger partial charge on any atom is -0.489 e. The van der Waals surface area contributed by atoms with E-state index < -0.39 is 0 Å². The standard InChI is InChI=1S/C15H14N4O/c16-19-15-12(4-2-8-18-15)10-20-13-6-5-11-3-1-7-17-14(11)9-13/h1-9H,10,16H2,(H,18,19). The van der Waals surface area contributed by atoms with Gasteiger partial charge in [0.15, 0.2) is 0 Å². The molecular weight excluding hydrogens is 252 g/mol. The number of nitrogens with zero attached hydrogens (tertiary/aromatic N) is 2. The van der Waals surface area contributed by atoms with Gasteiger partial charge in [-0.1, -0.05) is 12.1 Å². The van der Waals surface area contributed by atoms with Crippen molar-refractivity contribution < 1.29 is 4.74 Å². The first kappa shape index (κ1) is 12.4. The Hall–Kier alpha value is -2.66. The second kappa shape index (κ2) is 5.54. The van der Waals surface area contributed by atoms with E-state index in [0.717, 1.165) is 22.2 Å². The summed E-state index contributed by atoms with van der Waals surface area (Å²) in [5.74, 6) is 6.80. The van der Waals surface area contributed by atoms with Crippen molar-refractivity contribution in [3.63, 3.8) is 0 Å². The number of hydrazine groups is 1. The molecule has 0 unspecified atom stereocenters. The van der Waals surface area contributed by atoms with Crippen LogP contribution in [0.1, 0.15) is 5.56 Å². The molecule has 1 aromatic carbocycles. The van der Waals surface area contributed by atoms with Crippen LogP contribution in [-0.4, -0.2) is 9.97 Å². The van der Waals surface area contributed by atoms with E-state index in [1.54, 1.807) is 12.4 Å². The van der Waals surface area contributed by atoms with Crippen LogP contribution in [0.5, 0.6) is 5.75 Å². The Morgan fingerprint density at radius 2 is 1.90 bits per heavy atom. The average molecular weight is 266 g/mol. The van der Waals surface area contributed by atoms with Crippen LogP contribution in [-0.2, 0) is 6.61 Å². The maximum atomic E-state index is 5.77. The molecule has 0 aliphatic heterocycles. The summed E-state index contributed by atoms with van der Waals surface area (Å²) in [7, 11) is 0. The van der Waals surface area contributed by atoms with Crippen molar-refractivity contribution in [3.05, 3.63) is 60.4 Å². The Kier molecular flexibility index (Phi) is 3.43. The van der Waals surface area contributed by atoms with Crippen molar-refractivity contribution in [1.82, 2.24) is 9.97 Å². The van der Waals surface area contributed by atoms with Gasteiger partial charge in [-0.05, 0) is 24.3 Å². The minimum atomic E-state index is 0.395. The zero-order valence-corrected chi connectivity index (χ0v) is 10.8. The average Bonchev–Trinajstić information content (AvgIpc) is 2.53. The molecule has 3 N–H and O–H groups in total. The summed E-state index contributed by atoms with van der Waals surface area (Å²) in [5, 5.41) is 1.09. The molecule has 5 nitrogen and oxygen atoms in total. The molecule has 0 aliphatic carbocycles. The zero-order valence-electron chi connectivity index (χ0n) is 10.8. The largest absolute Gasteiger partial charge is 0.489 e. The van der Waals surface area contributed by atoms with Crippen LogP contribution in [0, 0.1) is 0 Å². The number of nitrogens with two attached hydrogens (primary N) is 1. The quantitative estimate of drug-likeness (QED) is 0.560. The van der Waals surface area contributed by atoms with Gasteiger partial charge in [-0.2, -0.15) is 0 Å². The van der Waals surface area contributed by atoms with Crippen molar-refractivity contribution in [3.8, 4) is 5.75 Å². The number of ether oxygens (including phenoxy) is 1. The van der Waals surface area contributed by atoms with Crippen molar-refractivity contribution >= 4 is 16.7 Å². The van der Waals surface area contributed by atoms with Crippen molar-refractivity contribution in [2.24, 2.45) is 5.84 Å². The van der Waals surface area contributed by atoms with Gasteiger partial charge in [-0.3, -0.25) is 4.98 Å². The summed E-state index contributed by atoms with van der Waals surface area (Å²) in [6.07, 6.45) is 3.45. The second-order valence-electron chi connectivity index (χ2n) is 4.30. The van der Waals surface area contributed by atoms with Crippen LogP contribution in [0.15, 0.2) is 54.9 Å². The van der Waals surface area contributed by atoms with Crippen molar-refractivity contribution in [2.45, 2.75) is 6.61 Å². The van der Waals surface area contributed by atoms with Crippen molar-refractivity contribution in [2.75, 3.05) is 5.43 Å². The highest BCUT2D eigenvalue weighted by Gasteiger charge is 2.03. The summed E-state index contributed by atoms with van der Waals surface area (Å²) < 4.78 is 5.77. The second-order valence-corrected chi connectivity index (χ2v) is 4.30. The predicted molar refractivity (Wildman–Crippen MR) is 78.1 cm³/mol. The lowest BCUT2D eigenvalue weighted by Gasteiger charge is -2.10. The number of rotatable bonds is 4. The Balaban J connectivity index is 1.79. The third-order valence-electron chi connectivity index (χ3n) is 3.00. The number of pyridine rings is 2. The molecule has 2 aromatic heterocycles. The first-order chi connectivity index (χ1) is 9.86. The van der Waals surface area contributed by atoms with Gasteiger partial charge in [-0.25, -0.2) is 10.8 Å². The van der Waals surface area contributed by atoms with E-state index >= 15 is 0 Å². The van der Waals surface area contributed by atoms with Gasteiger partial charge >= 0.3 is 0 Å². The highest BCUT2D eigenvalue weighted by atomic mass is 16.5. The van der Waals surface area contributed by atoms with Crippen LogP contribution in [0.2, 0.25) is 0 Å². The first-order valence-electron chi connectivity index (χ1n) is 6.25. The molecule has 0 aliphatic rings.